The molecule has 0 radical (unpaired) electrons. The van der Waals surface area contributed by atoms with Crippen LogP contribution in [0.25, 0.3) is 0 Å². The summed E-state index contributed by atoms with van der Waals surface area (Å²) in [5, 5.41) is 7.38. The van der Waals surface area contributed by atoms with E-state index in [1.807, 2.05) is 6.07 Å². The third-order valence-electron chi connectivity index (χ3n) is 3.56. The molecule has 20 heavy (non-hydrogen) atoms. The van der Waals surface area contributed by atoms with Crippen molar-refractivity contribution in [1.29, 1.82) is 0 Å². The SMILES string of the molecule is Cc1cccc(C(C)Nc2cnn(C)c(=O)c2Br)c1C. The number of aromatic nitrogens is 2. The molecule has 0 aliphatic carbocycles. The summed E-state index contributed by atoms with van der Waals surface area (Å²) >= 11 is 3.33. The quantitative estimate of drug-likeness (QED) is 0.935. The lowest BCUT2D eigenvalue weighted by atomic mass is 9.98. The molecule has 0 saturated heterocycles. The smallest absolute Gasteiger partial charge is 0.282 e. The summed E-state index contributed by atoms with van der Waals surface area (Å²) < 4.78 is 1.81. The van der Waals surface area contributed by atoms with Gasteiger partial charge in [-0.25, -0.2) is 4.68 Å². The third-order valence-corrected chi connectivity index (χ3v) is 4.33. The van der Waals surface area contributed by atoms with Gasteiger partial charge in [-0.3, -0.25) is 4.79 Å². The van der Waals surface area contributed by atoms with Gasteiger partial charge in [0.15, 0.2) is 0 Å². The van der Waals surface area contributed by atoms with Crippen LogP contribution in [-0.2, 0) is 7.05 Å². The van der Waals surface area contributed by atoms with Gasteiger partial charge in [-0.15, -0.1) is 0 Å². The molecule has 0 amide bonds. The first kappa shape index (κ1) is 14.8. The number of rotatable bonds is 3. The topological polar surface area (TPSA) is 46.9 Å². The summed E-state index contributed by atoms with van der Waals surface area (Å²) in [5.74, 6) is 0. The molecule has 1 aromatic carbocycles. The van der Waals surface area contributed by atoms with Crippen LogP contribution in [0.5, 0.6) is 0 Å². The van der Waals surface area contributed by atoms with E-state index in [0.29, 0.717) is 10.2 Å². The minimum absolute atomic E-state index is 0.0973. The average Bonchev–Trinajstić information content (AvgIpc) is 2.42. The van der Waals surface area contributed by atoms with Gasteiger partial charge >= 0.3 is 0 Å². The van der Waals surface area contributed by atoms with Crippen molar-refractivity contribution < 1.29 is 0 Å². The van der Waals surface area contributed by atoms with Crippen molar-refractivity contribution in [2.75, 3.05) is 5.32 Å². The zero-order valence-electron chi connectivity index (χ0n) is 12.1. The fourth-order valence-electron chi connectivity index (χ4n) is 2.17. The number of nitrogens with zero attached hydrogens (tertiary/aromatic N) is 2. The van der Waals surface area contributed by atoms with Crippen molar-refractivity contribution in [2.45, 2.75) is 26.8 Å². The first-order valence-electron chi connectivity index (χ1n) is 6.46. The van der Waals surface area contributed by atoms with Crippen LogP contribution in [0, 0.1) is 13.8 Å². The number of hydrogen-bond acceptors (Lipinski definition) is 3. The van der Waals surface area contributed by atoms with E-state index in [-0.39, 0.29) is 11.6 Å². The first-order valence-corrected chi connectivity index (χ1v) is 7.25. The van der Waals surface area contributed by atoms with Crippen molar-refractivity contribution >= 4 is 21.6 Å². The molecule has 2 rings (SSSR count). The summed E-state index contributed by atoms with van der Waals surface area (Å²) in [6.07, 6.45) is 1.66. The van der Waals surface area contributed by atoms with Gasteiger partial charge < -0.3 is 5.32 Å². The second kappa shape index (κ2) is 5.79. The van der Waals surface area contributed by atoms with Crippen LogP contribution in [0.2, 0.25) is 0 Å². The summed E-state index contributed by atoms with van der Waals surface area (Å²) in [6.45, 7) is 6.28. The molecule has 1 atom stereocenters. The molecule has 0 saturated carbocycles. The van der Waals surface area contributed by atoms with Crippen LogP contribution in [0.15, 0.2) is 33.7 Å². The van der Waals surface area contributed by atoms with E-state index >= 15 is 0 Å². The maximum Gasteiger partial charge on any atom is 0.282 e. The molecule has 4 nitrogen and oxygen atoms in total. The maximum atomic E-state index is 11.8. The van der Waals surface area contributed by atoms with E-state index in [1.165, 1.54) is 21.4 Å². The van der Waals surface area contributed by atoms with E-state index in [0.717, 1.165) is 0 Å². The molecule has 0 aliphatic rings. The number of hydrogen-bond donors (Lipinski definition) is 1. The predicted octanol–water partition coefficient (Wildman–Crippen LogP) is 3.33. The van der Waals surface area contributed by atoms with Crippen molar-refractivity contribution in [2.24, 2.45) is 7.05 Å². The van der Waals surface area contributed by atoms with Gasteiger partial charge in [0.2, 0.25) is 0 Å². The van der Waals surface area contributed by atoms with Gasteiger partial charge in [-0.05, 0) is 53.4 Å². The third kappa shape index (κ3) is 2.77. The fourth-order valence-corrected chi connectivity index (χ4v) is 2.64. The zero-order chi connectivity index (χ0) is 14.9. The highest BCUT2D eigenvalue weighted by molar-refractivity contribution is 9.10. The Bertz CT molecular complexity index is 694. The molecule has 0 bridgehead atoms. The minimum Gasteiger partial charge on any atom is -0.376 e. The van der Waals surface area contributed by atoms with Crippen LogP contribution in [-0.4, -0.2) is 9.78 Å². The van der Waals surface area contributed by atoms with Crippen molar-refractivity contribution in [1.82, 2.24) is 9.78 Å². The van der Waals surface area contributed by atoms with Gasteiger partial charge in [-0.1, -0.05) is 18.2 Å². The highest BCUT2D eigenvalue weighted by atomic mass is 79.9. The fraction of sp³-hybridized carbons (Fsp3) is 0.333. The largest absolute Gasteiger partial charge is 0.376 e. The molecule has 1 heterocycles. The number of aryl methyl sites for hydroxylation is 2. The normalized spacial score (nSPS) is 12.2. The highest BCUT2D eigenvalue weighted by Crippen LogP contribution is 2.26. The number of nitrogens with one attached hydrogen (secondary N) is 1. The number of halogens is 1. The summed E-state index contributed by atoms with van der Waals surface area (Å²) in [5.41, 5.74) is 4.31. The van der Waals surface area contributed by atoms with E-state index in [4.69, 9.17) is 0 Å². The lowest BCUT2D eigenvalue weighted by Crippen LogP contribution is -2.22. The Hall–Kier alpha value is -1.62. The molecule has 1 N–H and O–H groups in total. The zero-order valence-corrected chi connectivity index (χ0v) is 13.7. The van der Waals surface area contributed by atoms with E-state index in [2.05, 4.69) is 59.2 Å². The molecule has 5 heteroatoms. The van der Waals surface area contributed by atoms with Gasteiger partial charge in [0.05, 0.1) is 11.9 Å². The van der Waals surface area contributed by atoms with Gasteiger partial charge in [-0.2, -0.15) is 5.10 Å². The standard InChI is InChI=1S/C15H18BrN3O/c1-9-6-5-7-12(10(9)2)11(3)18-13-8-17-19(4)15(20)14(13)16/h5-8,11,18H,1-4H3. The van der Waals surface area contributed by atoms with Gasteiger partial charge in [0.25, 0.3) is 5.56 Å². The Morgan fingerprint density at radius 3 is 2.75 bits per heavy atom. The highest BCUT2D eigenvalue weighted by Gasteiger charge is 2.13. The first-order chi connectivity index (χ1) is 9.41. The van der Waals surface area contributed by atoms with Crippen LogP contribution >= 0.6 is 15.9 Å². The maximum absolute atomic E-state index is 11.8. The Labute approximate surface area is 127 Å². The van der Waals surface area contributed by atoms with E-state index in [1.54, 1.807) is 13.2 Å². The Kier molecular flexibility index (Phi) is 4.28. The summed E-state index contributed by atoms with van der Waals surface area (Å²) in [6, 6.07) is 6.34. The number of benzene rings is 1. The molecule has 2 aromatic rings. The average molecular weight is 336 g/mol. The summed E-state index contributed by atoms with van der Waals surface area (Å²) in [4.78, 5) is 11.8. The molecule has 1 unspecified atom stereocenters. The second-order valence-electron chi connectivity index (χ2n) is 4.96. The van der Waals surface area contributed by atoms with Crippen LogP contribution < -0.4 is 10.9 Å². The molecule has 0 spiro atoms. The molecule has 106 valence electrons. The Morgan fingerprint density at radius 2 is 2.05 bits per heavy atom. The van der Waals surface area contributed by atoms with Crippen molar-refractivity contribution in [3.8, 4) is 0 Å². The molecular formula is C15H18BrN3O. The summed E-state index contributed by atoms with van der Waals surface area (Å²) in [7, 11) is 1.63. The van der Waals surface area contributed by atoms with Crippen molar-refractivity contribution in [3.05, 3.63) is 55.9 Å². The van der Waals surface area contributed by atoms with Crippen LogP contribution in [0.1, 0.15) is 29.7 Å². The second-order valence-corrected chi connectivity index (χ2v) is 5.75. The number of anilines is 1. The van der Waals surface area contributed by atoms with E-state index < -0.39 is 0 Å². The molecule has 0 fully saturated rings. The minimum atomic E-state index is -0.150. The predicted molar refractivity (Wildman–Crippen MR) is 85.1 cm³/mol. The molecular weight excluding hydrogens is 318 g/mol. The Balaban J connectivity index is 2.33. The lowest BCUT2D eigenvalue weighted by Gasteiger charge is -2.19. The molecule has 1 aromatic heterocycles. The van der Waals surface area contributed by atoms with Gasteiger partial charge in [0, 0.05) is 13.1 Å². The lowest BCUT2D eigenvalue weighted by molar-refractivity contribution is 0.701. The van der Waals surface area contributed by atoms with Crippen LogP contribution in [0.4, 0.5) is 5.69 Å². The van der Waals surface area contributed by atoms with E-state index in [9.17, 15) is 4.79 Å². The Morgan fingerprint density at radius 1 is 1.35 bits per heavy atom. The van der Waals surface area contributed by atoms with Crippen LogP contribution in [0.3, 0.4) is 0 Å². The molecule has 0 aliphatic heterocycles. The van der Waals surface area contributed by atoms with Crippen molar-refractivity contribution in [3.63, 3.8) is 0 Å². The van der Waals surface area contributed by atoms with Gasteiger partial charge in [0.1, 0.15) is 4.47 Å². The monoisotopic (exact) mass is 335 g/mol.